The number of rotatable bonds is 5. The summed E-state index contributed by atoms with van der Waals surface area (Å²) in [4.78, 5) is 0. The van der Waals surface area contributed by atoms with Gasteiger partial charge in [0.15, 0.2) is 11.5 Å². The van der Waals surface area contributed by atoms with Gasteiger partial charge < -0.3 is 9.47 Å². The third-order valence-electron chi connectivity index (χ3n) is 3.00. The van der Waals surface area contributed by atoms with Crippen molar-refractivity contribution < 1.29 is 9.47 Å². The van der Waals surface area contributed by atoms with Gasteiger partial charge in [0.05, 0.1) is 26.1 Å². The molecular formula is C16H17ClN2O2. The van der Waals surface area contributed by atoms with Crippen molar-refractivity contribution in [3.8, 4) is 11.5 Å². The monoisotopic (exact) mass is 304 g/mol. The van der Waals surface area contributed by atoms with Crippen molar-refractivity contribution in [3.05, 3.63) is 52.5 Å². The predicted molar refractivity (Wildman–Crippen MR) is 87.0 cm³/mol. The SMILES string of the molecule is COc1cccc(/C=N\Nc2ccc(C)c(Cl)c2)c1OC. The minimum absolute atomic E-state index is 0.646. The number of methoxy groups -OCH3 is 2. The first-order valence-corrected chi connectivity index (χ1v) is 6.79. The smallest absolute Gasteiger partial charge is 0.169 e. The molecule has 1 N–H and O–H groups in total. The number of aryl methyl sites for hydroxylation is 1. The van der Waals surface area contributed by atoms with E-state index in [9.17, 15) is 0 Å². The van der Waals surface area contributed by atoms with Crippen LogP contribution in [0.2, 0.25) is 5.02 Å². The molecule has 21 heavy (non-hydrogen) atoms. The summed E-state index contributed by atoms with van der Waals surface area (Å²) in [6.07, 6.45) is 1.68. The number of hydrogen-bond donors (Lipinski definition) is 1. The van der Waals surface area contributed by atoms with Gasteiger partial charge in [-0.05, 0) is 36.8 Å². The largest absolute Gasteiger partial charge is 0.493 e. The summed E-state index contributed by atoms with van der Waals surface area (Å²) in [7, 11) is 3.20. The Kier molecular flexibility index (Phi) is 5.06. The zero-order chi connectivity index (χ0) is 15.2. The summed E-state index contributed by atoms with van der Waals surface area (Å²) in [5.41, 5.74) is 5.61. The summed E-state index contributed by atoms with van der Waals surface area (Å²) in [5.74, 6) is 1.31. The fourth-order valence-corrected chi connectivity index (χ4v) is 2.03. The van der Waals surface area contributed by atoms with E-state index >= 15 is 0 Å². The molecule has 2 aromatic rings. The van der Waals surface area contributed by atoms with E-state index in [0.29, 0.717) is 16.5 Å². The Hall–Kier alpha value is -2.20. The van der Waals surface area contributed by atoms with Crippen LogP contribution >= 0.6 is 11.6 Å². The average molecular weight is 305 g/mol. The first-order chi connectivity index (χ1) is 10.2. The van der Waals surface area contributed by atoms with Crippen molar-refractivity contribution in [1.29, 1.82) is 0 Å². The number of halogens is 1. The maximum Gasteiger partial charge on any atom is 0.169 e. The Balaban J connectivity index is 2.16. The molecule has 2 aromatic carbocycles. The van der Waals surface area contributed by atoms with Crippen LogP contribution in [0.15, 0.2) is 41.5 Å². The standard InChI is InChI=1S/C16H17ClN2O2/c1-11-7-8-13(9-14(11)17)19-18-10-12-5-4-6-15(20-2)16(12)21-3/h4-10,19H,1-3H3/b18-10-. The molecule has 0 aliphatic heterocycles. The maximum absolute atomic E-state index is 6.07. The molecular weight excluding hydrogens is 288 g/mol. The number of hydrazone groups is 1. The van der Waals surface area contributed by atoms with Crippen molar-refractivity contribution in [2.24, 2.45) is 5.10 Å². The Morgan fingerprint density at radius 2 is 1.95 bits per heavy atom. The zero-order valence-corrected chi connectivity index (χ0v) is 12.9. The minimum atomic E-state index is 0.646. The van der Waals surface area contributed by atoms with E-state index in [4.69, 9.17) is 21.1 Å². The summed E-state index contributed by atoms with van der Waals surface area (Å²) in [5, 5.41) is 4.90. The van der Waals surface area contributed by atoms with E-state index < -0.39 is 0 Å². The molecule has 110 valence electrons. The van der Waals surface area contributed by atoms with Crippen LogP contribution in [-0.4, -0.2) is 20.4 Å². The number of ether oxygens (including phenoxy) is 2. The van der Waals surface area contributed by atoms with Crippen molar-refractivity contribution in [3.63, 3.8) is 0 Å². The van der Waals surface area contributed by atoms with Crippen LogP contribution in [0.3, 0.4) is 0 Å². The zero-order valence-electron chi connectivity index (χ0n) is 12.2. The first kappa shape index (κ1) is 15.2. The van der Waals surface area contributed by atoms with E-state index in [1.54, 1.807) is 20.4 Å². The molecule has 0 aliphatic rings. The number of benzene rings is 2. The van der Waals surface area contributed by atoms with Crippen LogP contribution in [0.4, 0.5) is 5.69 Å². The van der Waals surface area contributed by atoms with Gasteiger partial charge in [-0.15, -0.1) is 0 Å². The predicted octanol–water partition coefficient (Wildman–Crippen LogP) is 4.11. The number of nitrogens with one attached hydrogen (secondary N) is 1. The van der Waals surface area contributed by atoms with E-state index in [1.165, 1.54) is 0 Å². The van der Waals surface area contributed by atoms with Gasteiger partial charge in [0, 0.05) is 10.6 Å². The highest BCUT2D eigenvalue weighted by Crippen LogP contribution is 2.29. The number of nitrogens with zero attached hydrogens (tertiary/aromatic N) is 1. The summed E-state index contributed by atoms with van der Waals surface area (Å²) >= 11 is 6.07. The fourth-order valence-electron chi connectivity index (χ4n) is 1.85. The van der Waals surface area contributed by atoms with E-state index in [-0.39, 0.29) is 0 Å². The van der Waals surface area contributed by atoms with Gasteiger partial charge in [0.25, 0.3) is 0 Å². The van der Waals surface area contributed by atoms with E-state index in [0.717, 1.165) is 16.8 Å². The second-order valence-electron chi connectivity index (χ2n) is 4.42. The lowest BCUT2D eigenvalue weighted by atomic mass is 10.2. The Labute approximate surface area is 129 Å². The lowest BCUT2D eigenvalue weighted by Gasteiger charge is -2.09. The van der Waals surface area contributed by atoms with Crippen LogP contribution < -0.4 is 14.9 Å². The molecule has 0 aliphatic carbocycles. The Bertz CT molecular complexity index is 657. The molecule has 0 heterocycles. The van der Waals surface area contributed by atoms with Gasteiger partial charge in [-0.2, -0.15) is 5.10 Å². The molecule has 5 heteroatoms. The molecule has 0 fully saturated rings. The van der Waals surface area contributed by atoms with Crippen molar-refractivity contribution in [1.82, 2.24) is 0 Å². The minimum Gasteiger partial charge on any atom is -0.493 e. The maximum atomic E-state index is 6.07. The van der Waals surface area contributed by atoms with Crippen molar-refractivity contribution >= 4 is 23.5 Å². The highest BCUT2D eigenvalue weighted by molar-refractivity contribution is 6.31. The number of para-hydroxylation sites is 1. The molecule has 0 amide bonds. The van der Waals surface area contributed by atoms with E-state index in [2.05, 4.69) is 10.5 Å². The summed E-state index contributed by atoms with van der Waals surface area (Å²) < 4.78 is 10.6. The van der Waals surface area contributed by atoms with Crippen LogP contribution in [0, 0.1) is 6.92 Å². The Morgan fingerprint density at radius 1 is 1.14 bits per heavy atom. The van der Waals surface area contributed by atoms with Crippen LogP contribution in [-0.2, 0) is 0 Å². The molecule has 0 atom stereocenters. The van der Waals surface area contributed by atoms with Gasteiger partial charge in [0.1, 0.15) is 0 Å². The fraction of sp³-hybridized carbons (Fsp3) is 0.188. The highest BCUT2D eigenvalue weighted by atomic mass is 35.5. The molecule has 0 unspecified atom stereocenters. The van der Waals surface area contributed by atoms with Gasteiger partial charge in [-0.1, -0.05) is 23.7 Å². The molecule has 2 rings (SSSR count). The van der Waals surface area contributed by atoms with Crippen LogP contribution in [0.1, 0.15) is 11.1 Å². The topological polar surface area (TPSA) is 42.8 Å². The molecule has 0 bridgehead atoms. The average Bonchev–Trinajstić information content (AvgIpc) is 2.50. The molecule has 0 radical (unpaired) electrons. The van der Waals surface area contributed by atoms with E-state index in [1.807, 2.05) is 43.3 Å². The lowest BCUT2D eigenvalue weighted by molar-refractivity contribution is 0.354. The number of hydrogen-bond acceptors (Lipinski definition) is 4. The first-order valence-electron chi connectivity index (χ1n) is 6.42. The van der Waals surface area contributed by atoms with Gasteiger partial charge in [-0.25, -0.2) is 0 Å². The molecule has 4 nitrogen and oxygen atoms in total. The quantitative estimate of drug-likeness (QED) is 0.667. The van der Waals surface area contributed by atoms with Gasteiger partial charge in [0.2, 0.25) is 0 Å². The molecule has 0 aromatic heterocycles. The second-order valence-corrected chi connectivity index (χ2v) is 4.82. The molecule has 0 saturated carbocycles. The molecule has 0 saturated heterocycles. The lowest BCUT2D eigenvalue weighted by Crippen LogP contribution is -1.97. The van der Waals surface area contributed by atoms with Gasteiger partial charge in [-0.3, -0.25) is 5.43 Å². The van der Waals surface area contributed by atoms with Crippen LogP contribution in [0.5, 0.6) is 11.5 Å². The van der Waals surface area contributed by atoms with Crippen molar-refractivity contribution in [2.45, 2.75) is 6.92 Å². The summed E-state index contributed by atoms with van der Waals surface area (Å²) in [6, 6.07) is 11.3. The normalized spacial score (nSPS) is 10.7. The molecule has 0 spiro atoms. The Morgan fingerprint density at radius 3 is 2.62 bits per heavy atom. The van der Waals surface area contributed by atoms with Gasteiger partial charge >= 0.3 is 0 Å². The third kappa shape index (κ3) is 3.67. The second kappa shape index (κ2) is 6.99. The van der Waals surface area contributed by atoms with Crippen molar-refractivity contribution in [2.75, 3.05) is 19.6 Å². The summed E-state index contributed by atoms with van der Waals surface area (Å²) in [6.45, 7) is 1.95. The van der Waals surface area contributed by atoms with Crippen LogP contribution in [0.25, 0.3) is 0 Å². The third-order valence-corrected chi connectivity index (χ3v) is 3.41. The number of anilines is 1. The highest BCUT2D eigenvalue weighted by Gasteiger charge is 2.07.